The van der Waals surface area contributed by atoms with Crippen LogP contribution in [0.1, 0.15) is 0 Å². The third-order valence-electron chi connectivity index (χ3n) is 8.86. The molecule has 3 aromatic heterocycles. The Bertz CT molecular complexity index is 2540. The van der Waals surface area contributed by atoms with E-state index >= 15 is 0 Å². The number of para-hydroxylation sites is 1. The van der Waals surface area contributed by atoms with Crippen LogP contribution in [0.4, 0.5) is 0 Å². The Kier molecular flexibility index (Phi) is 7.30. The van der Waals surface area contributed by atoms with E-state index in [9.17, 15) is 0 Å². The summed E-state index contributed by atoms with van der Waals surface area (Å²) in [4.78, 5) is 19.6. The van der Waals surface area contributed by atoms with Crippen molar-refractivity contribution in [2.75, 3.05) is 0 Å². The molecule has 9 rings (SSSR count). The highest BCUT2D eigenvalue weighted by atomic mass is 32.1. The maximum absolute atomic E-state index is 5.12. The fourth-order valence-electron chi connectivity index (χ4n) is 6.26. The van der Waals surface area contributed by atoms with E-state index in [2.05, 4.69) is 145 Å². The van der Waals surface area contributed by atoms with Gasteiger partial charge in [-0.3, -0.25) is 4.98 Å². The Balaban J connectivity index is 1.11. The fraction of sp³-hybridized carbons (Fsp3) is 0. The molecule has 0 unspecified atom stereocenters. The maximum Gasteiger partial charge on any atom is 0.160 e. The maximum atomic E-state index is 5.12. The number of aromatic nitrogens is 4. The van der Waals surface area contributed by atoms with Gasteiger partial charge in [0.2, 0.25) is 0 Å². The molecule has 0 aliphatic carbocycles. The topological polar surface area (TPSA) is 51.6 Å². The van der Waals surface area contributed by atoms with E-state index in [0.29, 0.717) is 5.82 Å². The number of hydrogen-bond acceptors (Lipinski definition) is 5. The van der Waals surface area contributed by atoms with Crippen molar-refractivity contribution in [2.24, 2.45) is 0 Å². The van der Waals surface area contributed by atoms with E-state index in [0.717, 1.165) is 60.7 Å². The molecule has 49 heavy (non-hydrogen) atoms. The molecule has 230 valence electrons. The number of nitrogens with zero attached hydrogens (tertiary/aromatic N) is 4. The van der Waals surface area contributed by atoms with Crippen molar-refractivity contribution in [1.29, 1.82) is 0 Å². The third-order valence-corrected chi connectivity index (χ3v) is 9.94. The summed E-state index contributed by atoms with van der Waals surface area (Å²) in [5.74, 6) is 0.679. The molecule has 0 aliphatic heterocycles. The zero-order chi connectivity index (χ0) is 32.6. The van der Waals surface area contributed by atoms with E-state index in [-0.39, 0.29) is 0 Å². The molecule has 0 fully saturated rings. The minimum absolute atomic E-state index is 0.679. The zero-order valence-corrected chi connectivity index (χ0v) is 27.2. The van der Waals surface area contributed by atoms with Gasteiger partial charge in [-0.1, -0.05) is 140 Å². The number of pyridine rings is 1. The predicted molar refractivity (Wildman–Crippen MR) is 203 cm³/mol. The molecule has 0 aliphatic rings. The minimum Gasteiger partial charge on any atom is -0.263 e. The molecule has 0 bridgehead atoms. The quantitative estimate of drug-likeness (QED) is 0.181. The largest absolute Gasteiger partial charge is 0.263 e. The Hall–Kier alpha value is -6.30. The van der Waals surface area contributed by atoms with Gasteiger partial charge >= 0.3 is 0 Å². The third kappa shape index (κ3) is 5.67. The van der Waals surface area contributed by atoms with Crippen LogP contribution in [0, 0.1) is 0 Å². The Labute approximate surface area is 288 Å². The van der Waals surface area contributed by atoms with Crippen molar-refractivity contribution >= 4 is 32.3 Å². The van der Waals surface area contributed by atoms with Gasteiger partial charge in [0.25, 0.3) is 0 Å². The first kappa shape index (κ1) is 28.9. The van der Waals surface area contributed by atoms with Gasteiger partial charge in [-0.25, -0.2) is 15.0 Å². The lowest BCUT2D eigenvalue weighted by Gasteiger charge is -2.11. The van der Waals surface area contributed by atoms with Gasteiger partial charge in [-0.15, -0.1) is 11.3 Å². The van der Waals surface area contributed by atoms with Crippen molar-refractivity contribution in [3.05, 3.63) is 170 Å². The molecule has 4 nitrogen and oxygen atoms in total. The highest BCUT2D eigenvalue weighted by molar-refractivity contribution is 7.21. The van der Waals surface area contributed by atoms with Crippen LogP contribution in [-0.2, 0) is 0 Å². The molecule has 0 atom stereocenters. The monoisotopic (exact) mass is 644 g/mol. The van der Waals surface area contributed by atoms with E-state index in [1.54, 1.807) is 11.3 Å². The Morgan fingerprint density at radius 1 is 0.408 bits per heavy atom. The first-order chi connectivity index (χ1) is 24.2. The van der Waals surface area contributed by atoms with Crippen LogP contribution in [0.3, 0.4) is 0 Å². The average molecular weight is 645 g/mol. The van der Waals surface area contributed by atoms with Gasteiger partial charge in [0.1, 0.15) is 5.01 Å². The molecule has 6 aromatic carbocycles. The van der Waals surface area contributed by atoms with E-state index in [1.807, 2.05) is 30.6 Å². The van der Waals surface area contributed by atoms with Crippen molar-refractivity contribution in [1.82, 2.24) is 19.9 Å². The molecule has 0 saturated heterocycles. The SMILES string of the molecule is c1ccc(-c2ccc(-c3cc(-c4ccc(-c5cncc6ccccc56)cc4)nc(-c4ccc(-c5nc6ccccc6s5)cc4)n3)cc2)cc1. The lowest BCUT2D eigenvalue weighted by atomic mass is 9.98. The molecule has 0 saturated carbocycles. The van der Waals surface area contributed by atoms with Crippen LogP contribution in [0.2, 0.25) is 0 Å². The second-order valence-corrected chi connectivity index (χ2v) is 13.0. The first-order valence-corrected chi connectivity index (χ1v) is 17.0. The zero-order valence-electron chi connectivity index (χ0n) is 26.4. The highest BCUT2D eigenvalue weighted by Gasteiger charge is 2.13. The summed E-state index contributed by atoms with van der Waals surface area (Å²) >= 11 is 1.70. The lowest BCUT2D eigenvalue weighted by Crippen LogP contribution is -1.96. The van der Waals surface area contributed by atoms with E-state index in [1.165, 1.54) is 21.2 Å². The van der Waals surface area contributed by atoms with Gasteiger partial charge in [0, 0.05) is 45.6 Å². The standard InChI is InChI=1S/C44H28N4S/c1-2-8-29(9-3-1)30-14-18-32(19-15-30)40-26-41(33-20-16-31(17-21-33)38-28-45-27-36-10-4-5-11-37(36)38)47-43(46-40)34-22-24-35(25-23-34)44-48-39-12-6-7-13-42(39)49-44/h1-28H. The summed E-state index contributed by atoms with van der Waals surface area (Å²) in [6.07, 6.45) is 3.85. The molecule has 0 amide bonds. The van der Waals surface area contributed by atoms with Crippen LogP contribution in [0.15, 0.2) is 170 Å². The highest BCUT2D eigenvalue weighted by Crippen LogP contribution is 2.34. The predicted octanol–water partition coefficient (Wildman–Crippen LogP) is 11.6. The summed E-state index contributed by atoms with van der Waals surface area (Å²) in [5.41, 5.74) is 11.4. The summed E-state index contributed by atoms with van der Waals surface area (Å²) < 4.78 is 1.18. The number of benzene rings is 6. The second-order valence-electron chi connectivity index (χ2n) is 12.0. The van der Waals surface area contributed by atoms with Gasteiger partial charge in [-0.2, -0.15) is 0 Å². The number of fused-ring (bicyclic) bond motifs is 2. The Morgan fingerprint density at radius 3 is 1.71 bits per heavy atom. The van der Waals surface area contributed by atoms with E-state index in [4.69, 9.17) is 15.0 Å². The minimum atomic E-state index is 0.679. The van der Waals surface area contributed by atoms with Gasteiger partial charge in [-0.05, 0) is 40.3 Å². The summed E-state index contributed by atoms with van der Waals surface area (Å²) in [6.45, 7) is 0. The van der Waals surface area contributed by atoms with Gasteiger partial charge < -0.3 is 0 Å². The Morgan fingerprint density at radius 2 is 0.980 bits per heavy atom. The van der Waals surface area contributed by atoms with Crippen LogP contribution in [-0.4, -0.2) is 19.9 Å². The lowest BCUT2D eigenvalue weighted by molar-refractivity contribution is 1.18. The molecular formula is C44H28N4S. The summed E-state index contributed by atoms with van der Waals surface area (Å²) in [5, 5.41) is 3.31. The molecule has 0 N–H and O–H groups in total. The first-order valence-electron chi connectivity index (χ1n) is 16.2. The van der Waals surface area contributed by atoms with Gasteiger partial charge in [0.05, 0.1) is 21.6 Å². The molecule has 9 aromatic rings. The van der Waals surface area contributed by atoms with Crippen LogP contribution in [0.25, 0.3) is 87.7 Å². The van der Waals surface area contributed by atoms with Crippen LogP contribution in [0.5, 0.6) is 0 Å². The summed E-state index contributed by atoms with van der Waals surface area (Å²) in [6, 6.07) is 54.8. The fourth-order valence-corrected chi connectivity index (χ4v) is 7.23. The molecule has 5 heteroatoms. The normalized spacial score (nSPS) is 11.3. The van der Waals surface area contributed by atoms with Crippen molar-refractivity contribution in [2.45, 2.75) is 0 Å². The smallest absolute Gasteiger partial charge is 0.160 e. The summed E-state index contributed by atoms with van der Waals surface area (Å²) in [7, 11) is 0. The van der Waals surface area contributed by atoms with Crippen molar-refractivity contribution < 1.29 is 0 Å². The number of thiazole rings is 1. The van der Waals surface area contributed by atoms with Crippen molar-refractivity contribution in [3.63, 3.8) is 0 Å². The molecular weight excluding hydrogens is 617 g/mol. The second kappa shape index (κ2) is 12.4. The number of rotatable bonds is 6. The van der Waals surface area contributed by atoms with E-state index < -0.39 is 0 Å². The molecule has 0 spiro atoms. The van der Waals surface area contributed by atoms with Crippen LogP contribution >= 0.6 is 11.3 Å². The molecule has 3 heterocycles. The molecule has 0 radical (unpaired) electrons. The van der Waals surface area contributed by atoms with Gasteiger partial charge in [0.15, 0.2) is 5.82 Å². The number of hydrogen-bond donors (Lipinski definition) is 0. The van der Waals surface area contributed by atoms with Crippen LogP contribution < -0.4 is 0 Å². The average Bonchev–Trinajstić information content (AvgIpc) is 3.63. The van der Waals surface area contributed by atoms with Crippen molar-refractivity contribution in [3.8, 4) is 66.7 Å².